The summed E-state index contributed by atoms with van der Waals surface area (Å²) in [6.07, 6.45) is 5.44. The van der Waals surface area contributed by atoms with Gasteiger partial charge in [0.05, 0.1) is 12.6 Å². The smallest absolute Gasteiger partial charge is 0.223 e. The lowest BCUT2D eigenvalue weighted by atomic mass is 9.51. The summed E-state index contributed by atoms with van der Waals surface area (Å²) in [5.74, 6) is 0.496. The molecule has 0 spiro atoms. The van der Waals surface area contributed by atoms with Gasteiger partial charge in [0.15, 0.2) is 0 Å². The molecule has 3 fully saturated rings. The van der Waals surface area contributed by atoms with Gasteiger partial charge in [-0.2, -0.15) is 0 Å². The maximum Gasteiger partial charge on any atom is 0.223 e. The molecular weight excluding hydrogens is 396 g/mol. The molecule has 0 radical (unpaired) electrons. The summed E-state index contributed by atoms with van der Waals surface area (Å²) in [5, 5.41) is 19.8. The summed E-state index contributed by atoms with van der Waals surface area (Å²) in [5.41, 5.74) is 0.0866. The summed E-state index contributed by atoms with van der Waals surface area (Å²) < 4.78 is 0. The number of amides is 2. The maximum absolute atomic E-state index is 12.8. The SMILES string of the molecule is C[C@H]1[C@@H]2[C@@H](O)[C@@H]([C@H](C)C(=O)NCc3cccs3)CC[C@@]2(C)CC[C@@H]1NC(=O)C1CC1. The first-order valence-electron chi connectivity index (χ1n) is 11.6. The number of nitrogens with one attached hydrogen (secondary N) is 2. The lowest BCUT2D eigenvalue weighted by Crippen LogP contribution is -2.58. The second kappa shape index (κ2) is 8.62. The molecule has 2 amide bonds. The van der Waals surface area contributed by atoms with E-state index in [4.69, 9.17) is 0 Å². The number of rotatable bonds is 6. The first-order valence-corrected chi connectivity index (χ1v) is 12.5. The van der Waals surface area contributed by atoms with E-state index in [1.165, 1.54) is 0 Å². The molecule has 0 saturated heterocycles. The van der Waals surface area contributed by atoms with Gasteiger partial charge in [-0.1, -0.05) is 26.8 Å². The average molecular weight is 433 g/mol. The molecule has 0 unspecified atom stereocenters. The normalized spacial score (nSPS) is 37.1. The van der Waals surface area contributed by atoms with Crippen LogP contribution in [0.4, 0.5) is 0 Å². The van der Waals surface area contributed by atoms with Gasteiger partial charge in [0.1, 0.15) is 0 Å². The third-order valence-electron chi connectivity index (χ3n) is 8.24. The Balaban J connectivity index is 1.41. The van der Waals surface area contributed by atoms with Crippen LogP contribution in [0.25, 0.3) is 0 Å². The second-order valence-electron chi connectivity index (χ2n) is 10.2. The quantitative estimate of drug-likeness (QED) is 0.641. The molecule has 0 bridgehead atoms. The Kier molecular flexibility index (Phi) is 6.27. The molecule has 3 saturated carbocycles. The van der Waals surface area contributed by atoms with Gasteiger partial charge in [0.25, 0.3) is 0 Å². The standard InChI is InChI=1S/C24H36N2O3S/c1-14(22(28)25-13-17-5-4-12-30-17)18-8-10-24(3)11-9-19(15(2)20(24)21(18)27)26-23(29)16-6-7-16/h4-5,12,14-16,18-21,27H,6-11,13H2,1-3H3,(H,25,28)(H,26,29)/t14-,15+,18+,19-,20+,21-,24-/m0/s1. The van der Waals surface area contributed by atoms with Crippen LogP contribution in [0.1, 0.15) is 64.2 Å². The maximum atomic E-state index is 12.8. The van der Waals surface area contributed by atoms with Crippen LogP contribution in [-0.2, 0) is 16.1 Å². The highest BCUT2D eigenvalue weighted by Gasteiger charge is 2.54. The molecule has 166 valence electrons. The zero-order chi connectivity index (χ0) is 21.5. The molecule has 7 atom stereocenters. The van der Waals surface area contributed by atoms with Gasteiger partial charge in [-0.25, -0.2) is 0 Å². The van der Waals surface area contributed by atoms with Crippen LogP contribution in [0, 0.1) is 35.0 Å². The van der Waals surface area contributed by atoms with Crippen LogP contribution in [0.2, 0.25) is 0 Å². The summed E-state index contributed by atoms with van der Waals surface area (Å²) in [6, 6.07) is 4.15. The van der Waals surface area contributed by atoms with Crippen molar-refractivity contribution in [2.75, 3.05) is 0 Å². The monoisotopic (exact) mass is 432 g/mol. The van der Waals surface area contributed by atoms with Crippen molar-refractivity contribution >= 4 is 23.2 Å². The molecule has 3 aliphatic rings. The van der Waals surface area contributed by atoms with Crippen molar-refractivity contribution < 1.29 is 14.7 Å². The van der Waals surface area contributed by atoms with Gasteiger partial charge in [-0.3, -0.25) is 9.59 Å². The summed E-state index contributed by atoms with van der Waals surface area (Å²) in [4.78, 5) is 26.3. The molecule has 4 rings (SSSR count). The molecule has 5 nitrogen and oxygen atoms in total. The number of fused-ring (bicyclic) bond motifs is 1. The molecule has 1 aromatic rings. The highest BCUT2D eigenvalue weighted by molar-refractivity contribution is 7.09. The lowest BCUT2D eigenvalue weighted by Gasteiger charge is -2.56. The minimum atomic E-state index is -0.512. The van der Waals surface area contributed by atoms with Crippen molar-refractivity contribution in [3.8, 4) is 0 Å². The summed E-state index contributed by atoms with van der Waals surface area (Å²) in [7, 11) is 0. The molecule has 0 aromatic carbocycles. The van der Waals surface area contributed by atoms with E-state index in [0.717, 1.165) is 43.4 Å². The van der Waals surface area contributed by atoms with E-state index in [9.17, 15) is 14.7 Å². The Hall–Kier alpha value is -1.40. The number of carbonyl (C=O) groups is 2. The van der Waals surface area contributed by atoms with E-state index in [2.05, 4.69) is 24.5 Å². The third-order valence-corrected chi connectivity index (χ3v) is 9.11. The van der Waals surface area contributed by atoms with Gasteiger partial charge in [-0.15, -0.1) is 11.3 Å². The number of aliphatic hydroxyl groups excluding tert-OH is 1. The van der Waals surface area contributed by atoms with Crippen LogP contribution in [-0.4, -0.2) is 29.1 Å². The molecule has 3 N–H and O–H groups in total. The van der Waals surface area contributed by atoms with Crippen molar-refractivity contribution in [2.45, 2.75) is 78.0 Å². The van der Waals surface area contributed by atoms with E-state index in [1.807, 2.05) is 24.4 Å². The van der Waals surface area contributed by atoms with Gasteiger partial charge in [0, 0.05) is 22.8 Å². The molecule has 0 aliphatic heterocycles. The number of carbonyl (C=O) groups excluding carboxylic acids is 2. The Morgan fingerprint density at radius 3 is 2.67 bits per heavy atom. The Morgan fingerprint density at radius 2 is 2.00 bits per heavy atom. The van der Waals surface area contributed by atoms with E-state index in [0.29, 0.717) is 6.54 Å². The predicted octanol–water partition coefficient (Wildman–Crippen LogP) is 3.72. The van der Waals surface area contributed by atoms with Crippen LogP contribution in [0.3, 0.4) is 0 Å². The number of thiophene rings is 1. The van der Waals surface area contributed by atoms with E-state index in [1.54, 1.807) is 11.3 Å². The highest BCUT2D eigenvalue weighted by Crippen LogP contribution is 2.55. The molecule has 30 heavy (non-hydrogen) atoms. The summed E-state index contributed by atoms with van der Waals surface area (Å²) >= 11 is 1.64. The minimum absolute atomic E-state index is 0.0260. The van der Waals surface area contributed by atoms with Crippen LogP contribution < -0.4 is 10.6 Å². The topological polar surface area (TPSA) is 78.4 Å². The zero-order valence-electron chi connectivity index (χ0n) is 18.4. The molecular formula is C24H36N2O3S. The van der Waals surface area contributed by atoms with Gasteiger partial charge >= 0.3 is 0 Å². The number of aliphatic hydroxyl groups is 1. The number of hydrogen-bond donors (Lipinski definition) is 3. The third kappa shape index (κ3) is 4.31. The van der Waals surface area contributed by atoms with Crippen LogP contribution >= 0.6 is 11.3 Å². The Morgan fingerprint density at radius 1 is 1.27 bits per heavy atom. The van der Waals surface area contributed by atoms with Crippen molar-refractivity contribution in [1.29, 1.82) is 0 Å². The fourth-order valence-corrected chi connectivity index (χ4v) is 6.73. The van der Waals surface area contributed by atoms with E-state index >= 15 is 0 Å². The van der Waals surface area contributed by atoms with E-state index < -0.39 is 6.10 Å². The Labute approximate surface area is 184 Å². The fraction of sp³-hybridized carbons (Fsp3) is 0.750. The zero-order valence-corrected chi connectivity index (χ0v) is 19.2. The van der Waals surface area contributed by atoms with Gasteiger partial charge < -0.3 is 15.7 Å². The van der Waals surface area contributed by atoms with Crippen molar-refractivity contribution in [1.82, 2.24) is 10.6 Å². The molecule has 1 aromatic heterocycles. The lowest BCUT2D eigenvalue weighted by molar-refractivity contribution is -0.144. The number of hydrogen-bond acceptors (Lipinski definition) is 4. The second-order valence-corrected chi connectivity index (χ2v) is 11.3. The van der Waals surface area contributed by atoms with Crippen molar-refractivity contribution in [2.24, 2.45) is 35.0 Å². The average Bonchev–Trinajstić information content (AvgIpc) is 3.44. The molecule has 1 heterocycles. The molecule has 3 aliphatic carbocycles. The minimum Gasteiger partial charge on any atom is -0.392 e. The predicted molar refractivity (Wildman–Crippen MR) is 119 cm³/mol. The first-order chi connectivity index (χ1) is 14.3. The Bertz CT molecular complexity index is 763. The fourth-order valence-electron chi connectivity index (χ4n) is 6.09. The van der Waals surface area contributed by atoms with Crippen LogP contribution in [0.15, 0.2) is 17.5 Å². The van der Waals surface area contributed by atoms with Gasteiger partial charge in [-0.05, 0) is 73.1 Å². The molecule has 6 heteroatoms. The van der Waals surface area contributed by atoms with Crippen LogP contribution in [0.5, 0.6) is 0 Å². The largest absolute Gasteiger partial charge is 0.392 e. The first kappa shape index (κ1) is 21.8. The summed E-state index contributed by atoms with van der Waals surface area (Å²) in [6.45, 7) is 7.00. The van der Waals surface area contributed by atoms with Crippen molar-refractivity contribution in [3.63, 3.8) is 0 Å². The van der Waals surface area contributed by atoms with Gasteiger partial charge in [0.2, 0.25) is 11.8 Å². The highest BCUT2D eigenvalue weighted by atomic mass is 32.1. The van der Waals surface area contributed by atoms with Crippen molar-refractivity contribution in [3.05, 3.63) is 22.4 Å². The van der Waals surface area contributed by atoms with E-state index in [-0.39, 0.29) is 52.9 Å².